The number of amides is 1. The Morgan fingerprint density at radius 1 is 1.12 bits per heavy atom. The normalized spacial score (nSPS) is 13.0. The lowest BCUT2D eigenvalue weighted by Gasteiger charge is -2.21. The summed E-state index contributed by atoms with van der Waals surface area (Å²) in [5.74, 6) is 1.13. The summed E-state index contributed by atoms with van der Waals surface area (Å²) in [6, 6.07) is 13.0. The predicted octanol–water partition coefficient (Wildman–Crippen LogP) is 4.43. The summed E-state index contributed by atoms with van der Waals surface area (Å²) < 4.78 is 10.5. The molecule has 0 aliphatic carbocycles. The smallest absolute Gasteiger partial charge is 0.226 e. The molecule has 5 nitrogen and oxygen atoms in total. The SMILES string of the molecule is COc1ccc(NC(=O)CC(C)NC(C)c2ccccc2Cl)c(OC)c1. The highest BCUT2D eigenvalue weighted by Gasteiger charge is 2.16. The first-order valence-corrected chi connectivity index (χ1v) is 8.84. The second-order valence-electron chi connectivity index (χ2n) is 6.13. The zero-order valence-corrected chi connectivity index (χ0v) is 16.3. The van der Waals surface area contributed by atoms with Gasteiger partial charge >= 0.3 is 0 Å². The highest BCUT2D eigenvalue weighted by atomic mass is 35.5. The lowest BCUT2D eigenvalue weighted by atomic mass is 10.1. The first-order chi connectivity index (χ1) is 12.4. The van der Waals surface area contributed by atoms with E-state index in [4.69, 9.17) is 21.1 Å². The van der Waals surface area contributed by atoms with Gasteiger partial charge in [-0.25, -0.2) is 0 Å². The van der Waals surface area contributed by atoms with Crippen molar-refractivity contribution < 1.29 is 14.3 Å². The molecule has 0 aromatic heterocycles. The maximum Gasteiger partial charge on any atom is 0.226 e. The second-order valence-corrected chi connectivity index (χ2v) is 6.54. The van der Waals surface area contributed by atoms with E-state index in [1.165, 1.54) is 0 Å². The lowest BCUT2D eigenvalue weighted by molar-refractivity contribution is -0.116. The quantitative estimate of drug-likeness (QED) is 0.715. The van der Waals surface area contributed by atoms with Gasteiger partial charge in [-0.3, -0.25) is 4.79 Å². The Hall–Kier alpha value is -2.24. The van der Waals surface area contributed by atoms with Crippen LogP contribution in [-0.2, 0) is 4.79 Å². The molecule has 0 spiro atoms. The van der Waals surface area contributed by atoms with Crippen LogP contribution in [0.4, 0.5) is 5.69 Å². The summed E-state index contributed by atoms with van der Waals surface area (Å²) in [6.07, 6.45) is 0.323. The van der Waals surface area contributed by atoms with E-state index in [1.807, 2.05) is 38.1 Å². The van der Waals surface area contributed by atoms with Crippen LogP contribution in [0.25, 0.3) is 0 Å². The topological polar surface area (TPSA) is 59.6 Å². The van der Waals surface area contributed by atoms with E-state index in [9.17, 15) is 4.79 Å². The van der Waals surface area contributed by atoms with Crippen molar-refractivity contribution in [2.24, 2.45) is 0 Å². The molecule has 2 rings (SSSR count). The van der Waals surface area contributed by atoms with Crippen molar-refractivity contribution >= 4 is 23.2 Å². The standard InChI is InChI=1S/C20H25ClN2O3/c1-13(22-14(2)16-7-5-6-8-17(16)21)11-20(24)23-18-10-9-15(25-3)12-19(18)26-4/h5-10,12-14,22H,11H2,1-4H3,(H,23,24). The largest absolute Gasteiger partial charge is 0.497 e. The number of ether oxygens (including phenoxy) is 2. The van der Waals surface area contributed by atoms with Gasteiger partial charge in [-0.2, -0.15) is 0 Å². The van der Waals surface area contributed by atoms with Crippen LogP contribution in [0.2, 0.25) is 5.02 Å². The van der Waals surface area contributed by atoms with Crippen molar-refractivity contribution in [3.8, 4) is 11.5 Å². The van der Waals surface area contributed by atoms with E-state index >= 15 is 0 Å². The molecule has 0 aliphatic rings. The Bertz CT molecular complexity index is 752. The van der Waals surface area contributed by atoms with Crippen LogP contribution >= 0.6 is 11.6 Å². The number of carbonyl (C=O) groups excluding carboxylic acids is 1. The zero-order chi connectivity index (χ0) is 19.1. The van der Waals surface area contributed by atoms with Gasteiger partial charge in [-0.1, -0.05) is 29.8 Å². The summed E-state index contributed by atoms with van der Waals surface area (Å²) in [4.78, 5) is 12.4. The van der Waals surface area contributed by atoms with Gasteiger partial charge in [0, 0.05) is 29.6 Å². The van der Waals surface area contributed by atoms with Crippen molar-refractivity contribution in [3.05, 3.63) is 53.1 Å². The zero-order valence-electron chi connectivity index (χ0n) is 15.5. The maximum atomic E-state index is 12.4. The third-order valence-corrected chi connectivity index (χ3v) is 4.42. The van der Waals surface area contributed by atoms with E-state index in [0.29, 0.717) is 28.6 Å². The molecule has 0 saturated carbocycles. The number of nitrogens with one attached hydrogen (secondary N) is 2. The number of hydrogen-bond acceptors (Lipinski definition) is 4. The van der Waals surface area contributed by atoms with Gasteiger partial charge in [-0.15, -0.1) is 0 Å². The van der Waals surface area contributed by atoms with Crippen LogP contribution < -0.4 is 20.1 Å². The first-order valence-electron chi connectivity index (χ1n) is 8.47. The van der Waals surface area contributed by atoms with Crippen molar-refractivity contribution in [2.45, 2.75) is 32.4 Å². The van der Waals surface area contributed by atoms with Crippen molar-refractivity contribution in [2.75, 3.05) is 19.5 Å². The second kappa shape index (κ2) is 9.46. The van der Waals surface area contributed by atoms with Crippen LogP contribution in [0.5, 0.6) is 11.5 Å². The third kappa shape index (κ3) is 5.38. The van der Waals surface area contributed by atoms with E-state index in [1.54, 1.807) is 32.4 Å². The van der Waals surface area contributed by atoms with Crippen molar-refractivity contribution in [1.82, 2.24) is 5.32 Å². The number of rotatable bonds is 8. The average Bonchev–Trinajstić information content (AvgIpc) is 2.62. The van der Waals surface area contributed by atoms with Crippen LogP contribution in [0.3, 0.4) is 0 Å². The fourth-order valence-electron chi connectivity index (χ4n) is 2.78. The molecule has 1 amide bonds. The van der Waals surface area contributed by atoms with E-state index < -0.39 is 0 Å². The van der Waals surface area contributed by atoms with Gasteiger partial charge in [0.2, 0.25) is 5.91 Å². The molecule has 0 heterocycles. The van der Waals surface area contributed by atoms with Gasteiger partial charge in [-0.05, 0) is 37.6 Å². The third-order valence-electron chi connectivity index (χ3n) is 4.08. The van der Waals surface area contributed by atoms with Crippen molar-refractivity contribution in [3.63, 3.8) is 0 Å². The summed E-state index contributed by atoms with van der Waals surface area (Å²) in [5.41, 5.74) is 1.63. The molecule has 140 valence electrons. The Morgan fingerprint density at radius 2 is 1.85 bits per heavy atom. The van der Waals surface area contributed by atoms with Crippen molar-refractivity contribution in [1.29, 1.82) is 0 Å². The molecule has 2 N–H and O–H groups in total. The fraction of sp³-hybridized carbons (Fsp3) is 0.350. The molecule has 2 aromatic rings. The minimum Gasteiger partial charge on any atom is -0.497 e. The molecule has 6 heteroatoms. The average molecular weight is 377 g/mol. The molecule has 0 saturated heterocycles. The first kappa shape index (κ1) is 20.1. The lowest BCUT2D eigenvalue weighted by Crippen LogP contribution is -2.32. The summed E-state index contributed by atoms with van der Waals surface area (Å²) >= 11 is 6.23. The van der Waals surface area contributed by atoms with Gasteiger partial charge in [0.25, 0.3) is 0 Å². The van der Waals surface area contributed by atoms with Crippen LogP contribution in [0.1, 0.15) is 31.9 Å². The number of hydrogen-bond donors (Lipinski definition) is 2. The van der Waals surface area contributed by atoms with Gasteiger partial charge in [0.1, 0.15) is 11.5 Å². The highest BCUT2D eigenvalue weighted by molar-refractivity contribution is 6.31. The summed E-state index contributed by atoms with van der Waals surface area (Å²) in [6.45, 7) is 4.00. The number of anilines is 1. The Balaban J connectivity index is 1.94. The fourth-order valence-corrected chi connectivity index (χ4v) is 3.08. The molecule has 26 heavy (non-hydrogen) atoms. The Kier molecular flexibility index (Phi) is 7.30. The molecular weight excluding hydrogens is 352 g/mol. The molecule has 0 aliphatic heterocycles. The maximum absolute atomic E-state index is 12.4. The number of carbonyl (C=O) groups is 1. The Morgan fingerprint density at radius 3 is 2.50 bits per heavy atom. The molecule has 2 unspecified atom stereocenters. The van der Waals surface area contributed by atoms with Crippen LogP contribution in [0.15, 0.2) is 42.5 Å². The van der Waals surface area contributed by atoms with E-state index in [2.05, 4.69) is 10.6 Å². The Labute approximate surface area is 159 Å². The van der Waals surface area contributed by atoms with Gasteiger partial charge in [0.05, 0.1) is 19.9 Å². The molecule has 2 aromatic carbocycles. The highest BCUT2D eigenvalue weighted by Crippen LogP contribution is 2.29. The number of benzene rings is 2. The summed E-state index contributed by atoms with van der Waals surface area (Å²) in [7, 11) is 3.14. The molecule has 2 atom stereocenters. The predicted molar refractivity (Wildman–Crippen MR) is 105 cm³/mol. The minimum atomic E-state index is -0.0974. The van der Waals surface area contributed by atoms with E-state index in [0.717, 1.165) is 5.56 Å². The molecule has 0 radical (unpaired) electrons. The molecule has 0 fully saturated rings. The summed E-state index contributed by atoms with van der Waals surface area (Å²) in [5, 5.41) is 7.00. The van der Waals surface area contributed by atoms with E-state index in [-0.39, 0.29) is 18.0 Å². The monoisotopic (exact) mass is 376 g/mol. The van der Waals surface area contributed by atoms with Gasteiger partial charge in [0.15, 0.2) is 0 Å². The molecule has 0 bridgehead atoms. The number of methoxy groups -OCH3 is 2. The van der Waals surface area contributed by atoms with Crippen LogP contribution in [-0.4, -0.2) is 26.2 Å². The molecular formula is C20H25ClN2O3. The minimum absolute atomic E-state index is 0.0227. The van der Waals surface area contributed by atoms with Crippen LogP contribution in [0, 0.1) is 0 Å². The van der Waals surface area contributed by atoms with Gasteiger partial charge < -0.3 is 20.1 Å². The number of halogens is 1.